The molecule has 0 radical (unpaired) electrons. The largest absolute Gasteiger partial charge is 0.341 e. The van der Waals surface area contributed by atoms with Crippen molar-refractivity contribution < 1.29 is 28.7 Å². The van der Waals surface area contributed by atoms with Gasteiger partial charge in [0.15, 0.2) is 5.40 Å². The zero-order valence-corrected chi connectivity index (χ0v) is 13.2. The number of hydrogen-bond donors (Lipinski definition) is 4. The predicted molar refractivity (Wildman–Crippen MR) is 79.4 cm³/mol. The molecule has 1 aromatic carbocycles. The van der Waals surface area contributed by atoms with Crippen molar-refractivity contribution in [2.75, 3.05) is 0 Å². The summed E-state index contributed by atoms with van der Waals surface area (Å²) in [6, 6.07) is 9.29. The van der Waals surface area contributed by atoms with Crippen LogP contribution in [0, 0.1) is 0 Å². The van der Waals surface area contributed by atoms with Crippen LogP contribution in [0.2, 0.25) is 0 Å². The molecule has 0 amide bonds. The fraction of sp³-hybridized carbons (Fsp3) is 0.250. The summed E-state index contributed by atoms with van der Waals surface area (Å²) in [5.41, 5.74) is 0.936. The Bertz CT molecular complexity index is 698. The quantitative estimate of drug-likeness (QED) is 0.577. The van der Waals surface area contributed by atoms with E-state index in [1.807, 2.05) is 30.3 Å². The number of benzene rings is 1. The first kappa shape index (κ1) is 17.1. The van der Waals surface area contributed by atoms with Crippen LogP contribution < -0.4 is 0 Å². The second-order valence-corrected chi connectivity index (χ2v) is 8.83. The van der Waals surface area contributed by atoms with E-state index >= 15 is 0 Å². The van der Waals surface area contributed by atoms with Crippen molar-refractivity contribution in [3.8, 4) is 0 Å². The summed E-state index contributed by atoms with van der Waals surface area (Å²) in [4.78, 5) is 40.7. The standard InChI is InChI=1S/C12H16N2O6P2/c15-21(16,17)12(22(18,19)20)8-11-13-6-7-14(11)9-10-4-2-1-3-5-10/h1-7,12H,8-9H2,(H2,15,16,17)(H2,18,19,20). The van der Waals surface area contributed by atoms with Crippen molar-refractivity contribution in [1.82, 2.24) is 9.55 Å². The van der Waals surface area contributed by atoms with Gasteiger partial charge in [-0.2, -0.15) is 0 Å². The van der Waals surface area contributed by atoms with Crippen molar-refractivity contribution in [2.45, 2.75) is 18.4 Å². The molecule has 4 N–H and O–H groups in total. The summed E-state index contributed by atoms with van der Waals surface area (Å²) in [6.07, 6.45) is 2.52. The smallest absolute Gasteiger partial charge is 0.330 e. The topological polar surface area (TPSA) is 133 Å². The molecule has 0 fully saturated rings. The van der Waals surface area contributed by atoms with Crippen LogP contribution in [0.1, 0.15) is 11.4 Å². The lowest BCUT2D eigenvalue weighted by molar-refractivity contribution is 0.337. The number of nitrogens with zero attached hydrogens (tertiary/aromatic N) is 2. The van der Waals surface area contributed by atoms with Gasteiger partial charge in [-0.1, -0.05) is 30.3 Å². The molecule has 2 rings (SSSR count). The first-order chi connectivity index (χ1) is 10.2. The molecule has 0 bridgehead atoms. The number of hydrogen-bond acceptors (Lipinski definition) is 3. The Hall–Kier alpha value is -1.27. The molecule has 0 saturated heterocycles. The van der Waals surface area contributed by atoms with E-state index < -0.39 is 27.0 Å². The minimum absolute atomic E-state index is 0.209. The van der Waals surface area contributed by atoms with Crippen LogP contribution in [0.3, 0.4) is 0 Å². The summed E-state index contributed by atoms with van der Waals surface area (Å²) >= 11 is 0. The first-order valence-corrected chi connectivity index (χ1v) is 9.68. The summed E-state index contributed by atoms with van der Waals surface area (Å²) in [7, 11) is -9.91. The van der Waals surface area contributed by atoms with E-state index in [0.717, 1.165) is 5.56 Å². The van der Waals surface area contributed by atoms with E-state index in [1.54, 1.807) is 10.8 Å². The van der Waals surface area contributed by atoms with Crippen molar-refractivity contribution in [2.24, 2.45) is 0 Å². The Morgan fingerprint density at radius 2 is 1.64 bits per heavy atom. The average molecular weight is 346 g/mol. The Balaban J connectivity index is 2.25. The number of imidazole rings is 1. The van der Waals surface area contributed by atoms with Gasteiger partial charge in [0.25, 0.3) is 0 Å². The highest BCUT2D eigenvalue weighted by Crippen LogP contribution is 2.60. The minimum Gasteiger partial charge on any atom is -0.330 e. The summed E-state index contributed by atoms with van der Waals surface area (Å²) in [5, 5.41) is -2.09. The second-order valence-electron chi connectivity index (χ2n) is 4.82. The van der Waals surface area contributed by atoms with Gasteiger partial charge in [-0.05, 0) is 5.56 Å². The highest BCUT2D eigenvalue weighted by Gasteiger charge is 2.44. The molecule has 0 unspecified atom stereocenters. The molecule has 0 aliphatic heterocycles. The molecule has 8 nitrogen and oxygen atoms in total. The van der Waals surface area contributed by atoms with Gasteiger partial charge in [-0.15, -0.1) is 0 Å². The van der Waals surface area contributed by atoms with E-state index in [9.17, 15) is 28.7 Å². The van der Waals surface area contributed by atoms with E-state index in [-0.39, 0.29) is 5.82 Å². The van der Waals surface area contributed by atoms with Crippen molar-refractivity contribution in [1.29, 1.82) is 0 Å². The molecule has 2 aromatic rings. The fourth-order valence-electron chi connectivity index (χ4n) is 2.05. The van der Waals surface area contributed by atoms with Crippen LogP contribution in [-0.4, -0.2) is 34.5 Å². The van der Waals surface area contributed by atoms with Crippen LogP contribution in [0.5, 0.6) is 0 Å². The summed E-state index contributed by atoms with van der Waals surface area (Å²) < 4.78 is 24.3. The van der Waals surface area contributed by atoms with Crippen LogP contribution in [0.4, 0.5) is 0 Å². The Kier molecular flexibility index (Phi) is 5.02. The maximum absolute atomic E-state index is 11.3. The lowest BCUT2D eigenvalue weighted by Crippen LogP contribution is -2.16. The third-order valence-corrected chi connectivity index (χ3v) is 6.86. The number of rotatable bonds is 6. The molecule has 120 valence electrons. The normalized spacial score (nSPS) is 12.8. The van der Waals surface area contributed by atoms with E-state index in [2.05, 4.69) is 4.98 Å². The van der Waals surface area contributed by atoms with Crippen LogP contribution >= 0.6 is 15.2 Å². The van der Waals surface area contributed by atoms with E-state index in [0.29, 0.717) is 6.54 Å². The zero-order chi connectivity index (χ0) is 16.4. The monoisotopic (exact) mass is 346 g/mol. The van der Waals surface area contributed by atoms with Gasteiger partial charge < -0.3 is 24.1 Å². The molecule has 1 aromatic heterocycles. The number of aromatic nitrogens is 2. The van der Waals surface area contributed by atoms with Gasteiger partial charge >= 0.3 is 15.2 Å². The lowest BCUT2D eigenvalue weighted by atomic mass is 10.2. The molecule has 1 heterocycles. The van der Waals surface area contributed by atoms with Gasteiger partial charge in [0, 0.05) is 25.4 Å². The SMILES string of the molecule is O=P(O)(O)C(Cc1nccn1Cc1ccccc1)P(=O)(O)O. The zero-order valence-electron chi connectivity index (χ0n) is 11.4. The third-order valence-electron chi connectivity index (χ3n) is 3.14. The minimum atomic E-state index is -4.96. The van der Waals surface area contributed by atoms with Crippen molar-refractivity contribution in [3.63, 3.8) is 0 Å². The van der Waals surface area contributed by atoms with E-state index in [4.69, 9.17) is 0 Å². The average Bonchev–Trinajstić information content (AvgIpc) is 2.82. The molecule has 0 atom stereocenters. The predicted octanol–water partition coefficient (Wildman–Crippen LogP) is 1.16. The summed E-state index contributed by atoms with van der Waals surface area (Å²) in [5.74, 6) is 0.209. The molecule has 22 heavy (non-hydrogen) atoms. The second kappa shape index (κ2) is 6.46. The molecule has 0 spiro atoms. The Labute approximate surface area is 126 Å². The van der Waals surface area contributed by atoms with Gasteiger partial charge in [-0.3, -0.25) is 9.13 Å². The Morgan fingerprint density at radius 1 is 1.05 bits per heavy atom. The van der Waals surface area contributed by atoms with Gasteiger partial charge in [0.05, 0.1) is 0 Å². The third kappa shape index (κ3) is 4.36. The van der Waals surface area contributed by atoms with Crippen molar-refractivity contribution >= 4 is 15.2 Å². The molecule has 10 heteroatoms. The van der Waals surface area contributed by atoms with E-state index in [1.165, 1.54) is 6.20 Å². The molecule has 0 aliphatic rings. The van der Waals surface area contributed by atoms with Crippen molar-refractivity contribution in [3.05, 3.63) is 54.1 Å². The lowest BCUT2D eigenvalue weighted by Gasteiger charge is -2.19. The molecular formula is C12H16N2O6P2. The van der Waals surface area contributed by atoms with Gasteiger partial charge in [0.2, 0.25) is 0 Å². The van der Waals surface area contributed by atoms with Crippen LogP contribution in [-0.2, 0) is 22.1 Å². The fourth-order valence-corrected chi connectivity index (χ4v) is 4.42. The Morgan fingerprint density at radius 3 is 2.18 bits per heavy atom. The first-order valence-electron chi connectivity index (χ1n) is 6.32. The van der Waals surface area contributed by atoms with Crippen LogP contribution in [0.15, 0.2) is 42.7 Å². The van der Waals surface area contributed by atoms with Gasteiger partial charge in [0.1, 0.15) is 5.82 Å². The van der Waals surface area contributed by atoms with Crippen LogP contribution in [0.25, 0.3) is 0 Å². The molecule has 0 aliphatic carbocycles. The summed E-state index contributed by atoms with van der Waals surface area (Å²) in [6.45, 7) is 0.394. The van der Waals surface area contributed by atoms with Gasteiger partial charge in [-0.25, -0.2) is 4.98 Å². The molecule has 0 saturated carbocycles. The molecular weight excluding hydrogens is 330 g/mol. The maximum Gasteiger partial charge on any atom is 0.341 e. The highest BCUT2D eigenvalue weighted by molar-refractivity contribution is 7.70. The highest BCUT2D eigenvalue weighted by atomic mass is 31.2. The maximum atomic E-state index is 11.3.